The molecule has 0 aliphatic rings. The minimum Gasteiger partial charge on any atom is -0.476 e. The van der Waals surface area contributed by atoms with Crippen LogP contribution in [-0.4, -0.2) is 26.1 Å². The number of aromatic carboxylic acids is 1. The van der Waals surface area contributed by atoms with Crippen molar-refractivity contribution in [2.75, 3.05) is 0 Å². The van der Waals surface area contributed by atoms with Gasteiger partial charge in [0.1, 0.15) is 0 Å². The summed E-state index contributed by atoms with van der Waals surface area (Å²) in [6, 6.07) is 0.150. The summed E-state index contributed by atoms with van der Waals surface area (Å²) in [5, 5.41) is 16.4. The lowest BCUT2D eigenvalue weighted by molar-refractivity contribution is 0.0689. The maximum atomic E-state index is 10.8. The lowest BCUT2D eigenvalue weighted by Crippen LogP contribution is -2.10. The Morgan fingerprint density at radius 3 is 2.64 bits per heavy atom. The van der Waals surface area contributed by atoms with E-state index < -0.39 is 5.97 Å². The number of nitrogens with zero attached hydrogens (tertiary/aromatic N) is 3. The number of rotatable bonds is 4. The van der Waals surface area contributed by atoms with E-state index in [-0.39, 0.29) is 11.7 Å². The van der Waals surface area contributed by atoms with E-state index in [1.54, 1.807) is 4.68 Å². The number of carboxylic acid groups (broad SMARTS) is 1. The van der Waals surface area contributed by atoms with Crippen LogP contribution in [0.25, 0.3) is 0 Å². The first-order valence-electron chi connectivity index (χ1n) is 4.75. The van der Waals surface area contributed by atoms with E-state index in [0.717, 1.165) is 12.1 Å². The van der Waals surface area contributed by atoms with Crippen LogP contribution in [0.1, 0.15) is 49.4 Å². The molecule has 0 aliphatic heterocycles. The zero-order chi connectivity index (χ0) is 10.7. The van der Waals surface area contributed by atoms with Gasteiger partial charge in [0.25, 0.3) is 0 Å². The van der Waals surface area contributed by atoms with E-state index in [1.165, 1.54) is 0 Å². The largest absolute Gasteiger partial charge is 0.476 e. The van der Waals surface area contributed by atoms with Crippen molar-refractivity contribution in [3.8, 4) is 0 Å². The van der Waals surface area contributed by atoms with Crippen LogP contribution in [0.15, 0.2) is 0 Å². The van der Waals surface area contributed by atoms with E-state index in [2.05, 4.69) is 10.3 Å². The second kappa shape index (κ2) is 4.21. The van der Waals surface area contributed by atoms with Crippen LogP contribution in [0, 0.1) is 0 Å². The number of hydrogen-bond acceptors (Lipinski definition) is 3. The summed E-state index contributed by atoms with van der Waals surface area (Å²) in [7, 11) is 0. The van der Waals surface area contributed by atoms with Crippen molar-refractivity contribution in [3.63, 3.8) is 0 Å². The van der Waals surface area contributed by atoms with Crippen molar-refractivity contribution < 1.29 is 9.90 Å². The zero-order valence-corrected chi connectivity index (χ0v) is 8.69. The second-order valence-corrected chi connectivity index (χ2v) is 3.48. The van der Waals surface area contributed by atoms with Gasteiger partial charge < -0.3 is 5.11 Å². The maximum Gasteiger partial charge on any atom is 0.358 e. The third-order valence-electron chi connectivity index (χ3n) is 1.97. The molecule has 1 N–H and O–H groups in total. The Morgan fingerprint density at radius 2 is 2.21 bits per heavy atom. The third kappa shape index (κ3) is 1.92. The first kappa shape index (κ1) is 10.7. The van der Waals surface area contributed by atoms with Crippen molar-refractivity contribution in [2.45, 2.75) is 39.7 Å². The van der Waals surface area contributed by atoms with Gasteiger partial charge in [-0.05, 0) is 20.3 Å². The van der Waals surface area contributed by atoms with E-state index in [0.29, 0.717) is 6.42 Å². The van der Waals surface area contributed by atoms with Gasteiger partial charge in [0.15, 0.2) is 5.69 Å². The van der Waals surface area contributed by atoms with Gasteiger partial charge in [-0.2, -0.15) is 0 Å². The van der Waals surface area contributed by atoms with Crippen molar-refractivity contribution in [1.29, 1.82) is 0 Å². The molecule has 0 spiro atoms. The van der Waals surface area contributed by atoms with Crippen LogP contribution in [0.4, 0.5) is 0 Å². The van der Waals surface area contributed by atoms with Gasteiger partial charge in [-0.3, -0.25) is 0 Å². The Labute approximate surface area is 82.7 Å². The van der Waals surface area contributed by atoms with Gasteiger partial charge in [-0.1, -0.05) is 18.6 Å². The molecule has 0 aliphatic carbocycles. The number of aromatic nitrogens is 3. The molecule has 0 aromatic carbocycles. The fourth-order valence-corrected chi connectivity index (χ4v) is 1.36. The Kier molecular flexibility index (Phi) is 3.22. The SMILES string of the molecule is CCCc1c(C(=O)O)nnn1C(C)C. The van der Waals surface area contributed by atoms with Crippen LogP contribution in [0.3, 0.4) is 0 Å². The summed E-state index contributed by atoms with van der Waals surface area (Å²) in [6.07, 6.45) is 1.59. The smallest absolute Gasteiger partial charge is 0.358 e. The van der Waals surface area contributed by atoms with Crippen LogP contribution in [-0.2, 0) is 6.42 Å². The predicted octanol–water partition coefficient (Wildman–Crippen LogP) is 1.51. The molecule has 1 aromatic heterocycles. The molecule has 78 valence electrons. The average molecular weight is 197 g/mol. The highest BCUT2D eigenvalue weighted by molar-refractivity contribution is 5.86. The molecular weight excluding hydrogens is 182 g/mol. The van der Waals surface area contributed by atoms with E-state index >= 15 is 0 Å². The van der Waals surface area contributed by atoms with Crippen molar-refractivity contribution in [1.82, 2.24) is 15.0 Å². The average Bonchev–Trinajstić information content (AvgIpc) is 2.48. The molecule has 0 fully saturated rings. The molecule has 0 bridgehead atoms. The normalized spacial score (nSPS) is 10.9. The molecular formula is C9H15N3O2. The molecule has 1 aromatic rings. The topological polar surface area (TPSA) is 68.0 Å². The highest BCUT2D eigenvalue weighted by Crippen LogP contribution is 2.13. The molecule has 0 saturated carbocycles. The lowest BCUT2D eigenvalue weighted by Gasteiger charge is -2.08. The summed E-state index contributed by atoms with van der Waals surface area (Å²) in [5.41, 5.74) is 0.801. The molecule has 1 rings (SSSR count). The molecule has 14 heavy (non-hydrogen) atoms. The summed E-state index contributed by atoms with van der Waals surface area (Å²) >= 11 is 0. The molecule has 5 nitrogen and oxygen atoms in total. The number of carbonyl (C=O) groups is 1. The number of hydrogen-bond donors (Lipinski definition) is 1. The minimum atomic E-state index is -1.000. The highest BCUT2D eigenvalue weighted by Gasteiger charge is 2.19. The Morgan fingerprint density at radius 1 is 1.57 bits per heavy atom. The lowest BCUT2D eigenvalue weighted by atomic mass is 10.2. The fourth-order valence-electron chi connectivity index (χ4n) is 1.36. The molecule has 0 saturated heterocycles. The Balaban J connectivity index is 3.13. The number of carboxylic acids is 1. The summed E-state index contributed by atoms with van der Waals surface area (Å²) in [6.45, 7) is 5.92. The van der Waals surface area contributed by atoms with Crippen molar-refractivity contribution >= 4 is 5.97 Å². The predicted molar refractivity (Wildman–Crippen MR) is 51.4 cm³/mol. The van der Waals surface area contributed by atoms with E-state index in [1.807, 2.05) is 20.8 Å². The van der Waals surface area contributed by atoms with Crippen LogP contribution in [0.5, 0.6) is 0 Å². The van der Waals surface area contributed by atoms with Crippen LogP contribution >= 0.6 is 0 Å². The van der Waals surface area contributed by atoms with Crippen molar-refractivity contribution in [2.24, 2.45) is 0 Å². The molecule has 0 radical (unpaired) electrons. The molecule has 0 atom stereocenters. The molecule has 0 amide bonds. The quantitative estimate of drug-likeness (QED) is 0.794. The fraction of sp³-hybridized carbons (Fsp3) is 0.667. The highest BCUT2D eigenvalue weighted by atomic mass is 16.4. The Hall–Kier alpha value is -1.39. The zero-order valence-electron chi connectivity index (χ0n) is 8.69. The van der Waals surface area contributed by atoms with Gasteiger partial charge in [0.2, 0.25) is 0 Å². The Bertz CT molecular complexity index is 331. The molecule has 5 heteroatoms. The summed E-state index contributed by atoms with van der Waals surface area (Å²) in [4.78, 5) is 10.8. The summed E-state index contributed by atoms with van der Waals surface area (Å²) < 4.78 is 1.67. The maximum absolute atomic E-state index is 10.8. The minimum absolute atomic E-state index is 0.0838. The van der Waals surface area contributed by atoms with E-state index in [4.69, 9.17) is 5.11 Å². The molecule has 1 heterocycles. The second-order valence-electron chi connectivity index (χ2n) is 3.48. The van der Waals surface area contributed by atoms with Gasteiger partial charge in [0.05, 0.1) is 5.69 Å². The molecule has 0 unspecified atom stereocenters. The first-order valence-corrected chi connectivity index (χ1v) is 4.75. The van der Waals surface area contributed by atoms with Gasteiger partial charge in [0, 0.05) is 6.04 Å². The third-order valence-corrected chi connectivity index (χ3v) is 1.97. The van der Waals surface area contributed by atoms with E-state index in [9.17, 15) is 4.79 Å². The summed E-state index contributed by atoms with van der Waals surface area (Å²) in [5.74, 6) is -1.000. The van der Waals surface area contributed by atoms with Gasteiger partial charge in [-0.15, -0.1) is 5.10 Å². The first-order chi connectivity index (χ1) is 6.57. The van der Waals surface area contributed by atoms with Gasteiger partial charge in [-0.25, -0.2) is 9.48 Å². The monoisotopic (exact) mass is 197 g/mol. The van der Waals surface area contributed by atoms with Crippen LogP contribution in [0.2, 0.25) is 0 Å². The standard InChI is InChI=1S/C9H15N3O2/c1-4-5-7-8(9(13)14)10-11-12(7)6(2)3/h6H,4-5H2,1-3H3,(H,13,14). The van der Waals surface area contributed by atoms with Gasteiger partial charge >= 0.3 is 5.97 Å². The van der Waals surface area contributed by atoms with Crippen molar-refractivity contribution in [3.05, 3.63) is 11.4 Å². The van der Waals surface area contributed by atoms with Crippen LogP contribution < -0.4 is 0 Å².